The summed E-state index contributed by atoms with van der Waals surface area (Å²) in [6.07, 6.45) is 4.15. The van der Waals surface area contributed by atoms with Crippen molar-refractivity contribution in [2.75, 3.05) is 31.1 Å². The summed E-state index contributed by atoms with van der Waals surface area (Å²) in [6, 6.07) is 12.1. The first-order valence-corrected chi connectivity index (χ1v) is 8.93. The fourth-order valence-electron chi connectivity index (χ4n) is 3.16. The molecule has 0 spiro atoms. The zero-order valence-electron chi connectivity index (χ0n) is 14.3. The minimum atomic E-state index is 0.00450. The summed E-state index contributed by atoms with van der Waals surface area (Å²) in [7, 11) is 0. The lowest BCUT2D eigenvalue weighted by Gasteiger charge is -2.35. The van der Waals surface area contributed by atoms with E-state index in [-0.39, 0.29) is 6.03 Å². The fourth-order valence-corrected chi connectivity index (χ4v) is 3.16. The highest BCUT2D eigenvalue weighted by Gasteiger charge is 2.27. The number of piperazine rings is 1. The van der Waals surface area contributed by atoms with E-state index in [0.717, 1.165) is 30.2 Å². The number of hydrogen-bond donors (Lipinski definition) is 1. The Labute approximate surface area is 147 Å². The number of hydrogen-bond acceptors (Lipinski definition) is 4. The van der Waals surface area contributed by atoms with Crippen molar-refractivity contribution in [2.24, 2.45) is 0 Å². The third-order valence-corrected chi connectivity index (χ3v) is 4.85. The average Bonchev–Trinajstić information content (AvgIpc) is 3.52. The Morgan fingerprint density at radius 1 is 1.08 bits per heavy atom. The Hall–Kier alpha value is -2.63. The van der Waals surface area contributed by atoms with Gasteiger partial charge >= 0.3 is 6.03 Å². The molecule has 0 unspecified atom stereocenters. The topological polar surface area (TPSA) is 61.4 Å². The third-order valence-electron chi connectivity index (χ3n) is 4.85. The summed E-state index contributed by atoms with van der Waals surface area (Å²) in [4.78, 5) is 25.3. The molecule has 2 aliphatic rings. The van der Waals surface area contributed by atoms with Gasteiger partial charge in [-0.25, -0.2) is 14.8 Å². The highest BCUT2D eigenvalue weighted by molar-refractivity contribution is 5.74. The largest absolute Gasteiger partial charge is 0.353 e. The Bertz CT molecular complexity index is 724. The second-order valence-electron chi connectivity index (χ2n) is 6.69. The molecule has 2 aromatic rings. The summed E-state index contributed by atoms with van der Waals surface area (Å²) < 4.78 is 0. The molecule has 1 aromatic heterocycles. The predicted octanol–water partition coefficient (Wildman–Crippen LogP) is 2.39. The van der Waals surface area contributed by atoms with Gasteiger partial charge in [0.2, 0.25) is 0 Å². The molecule has 0 radical (unpaired) electrons. The monoisotopic (exact) mass is 337 g/mol. The number of urea groups is 1. The van der Waals surface area contributed by atoms with Crippen molar-refractivity contribution >= 4 is 11.8 Å². The molecule has 2 heterocycles. The Balaban J connectivity index is 1.29. The number of rotatable bonds is 4. The van der Waals surface area contributed by atoms with Gasteiger partial charge < -0.3 is 15.1 Å². The number of anilines is 1. The van der Waals surface area contributed by atoms with Crippen LogP contribution in [0.1, 0.15) is 30.0 Å². The molecule has 1 aliphatic carbocycles. The van der Waals surface area contributed by atoms with E-state index in [1.807, 2.05) is 35.2 Å². The van der Waals surface area contributed by atoms with Crippen LogP contribution >= 0.6 is 0 Å². The van der Waals surface area contributed by atoms with Crippen LogP contribution in [-0.2, 0) is 6.54 Å². The fraction of sp³-hybridized carbons (Fsp3) is 0.421. The van der Waals surface area contributed by atoms with E-state index in [0.29, 0.717) is 25.6 Å². The van der Waals surface area contributed by atoms with E-state index in [1.54, 1.807) is 6.33 Å². The lowest BCUT2D eigenvalue weighted by Crippen LogP contribution is -2.51. The molecule has 1 saturated carbocycles. The molecule has 1 aliphatic heterocycles. The van der Waals surface area contributed by atoms with Gasteiger partial charge in [0.25, 0.3) is 0 Å². The van der Waals surface area contributed by atoms with E-state index in [2.05, 4.69) is 26.3 Å². The molecule has 1 N–H and O–H groups in total. The van der Waals surface area contributed by atoms with Gasteiger partial charge in [-0.1, -0.05) is 30.3 Å². The van der Waals surface area contributed by atoms with Crippen LogP contribution in [0.3, 0.4) is 0 Å². The van der Waals surface area contributed by atoms with Crippen molar-refractivity contribution in [1.82, 2.24) is 20.2 Å². The van der Waals surface area contributed by atoms with Crippen LogP contribution in [0.25, 0.3) is 0 Å². The van der Waals surface area contributed by atoms with E-state index < -0.39 is 0 Å². The summed E-state index contributed by atoms with van der Waals surface area (Å²) >= 11 is 0. The van der Waals surface area contributed by atoms with Crippen LogP contribution in [0.2, 0.25) is 0 Å². The maximum Gasteiger partial charge on any atom is 0.317 e. The summed E-state index contributed by atoms with van der Waals surface area (Å²) in [6.45, 7) is 3.60. The molecule has 25 heavy (non-hydrogen) atoms. The van der Waals surface area contributed by atoms with Crippen molar-refractivity contribution < 1.29 is 4.79 Å². The molecular weight excluding hydrogens is 314 g/mol. The van der Waals surface area contributed by atoms with Gasteiger partial charge in [-0.15, -0.1) is 0 Å². The maximum absolute atomic E-state index is 12.3. The Kier molecular flexibility index (Phi) is 4.50. The van der Waals surface area contributed by atoms with Gasteiger partial charge in [0.05, 0.1) is 0 Å². The highest BCUT2D eigenvalue weighted by Crippen LogP contribution is 2.39. The minimum Gasteiger partial charge on any atom is -0.353 e. The quantitative estimate of drug-likeness (QED) is 0.930. The highest BCUT2D eigenvalue weighted by atomic mass is 16.2. The van der Waals surface area contributed by atoms with E-state index in [1.165, 1.54) is 12.8 Å². The van der Waals surface area contributed by atoms with Gasteiger partial charge in [-0.3, -0.25) is 0 Å². The van der Waals surface area contributed by atoms with Crippen LogP contribution in [0, 0.1) is 0 Å². The second-order valence-corrected chi connectivity index (χ2v) is 6.69. The first-order valence-electron chi connectivity index (χ1n) is 8.93. The van der Waals surface area contributed by atoms with Crippen molar-refractivity contribution in [1.29, 1.82) is 0 Å². The molecule has 4 rings (SSSR count). The van der Waals surface area contributed by atoms with Gasteiger partial charge in [0.15, 0.2) is 0 Å². The normalized spacial score (nSPS) is 17.4. The smallest absolute Gasteiger partial charge is 0.317 e. The first-order chi connectivity index (χ1) is 12.3. The number of benzene rings is 1. The van der Waals surface area contributed by atoms with Crippen molar-refractivity contribution in [3.05, 3.63) is 54.0 Å². The lowest BCUT2D eigenvalue weighted by molar-refractivity contribution is 0.194. The third kappa shape index (κ3) is 3.90. The van der Waals surface area contributed by atoms with Crippen LogP contribution in [0.5, 0.6) is 0 Å². The number of nitrogens with one attached hydrogen (secondary N) is 1. The number of aromatic nitrogens is 2. The Morgan fingerprint density at radius 3 is 2.56 bits per heavy atom. The van der Waals surface area contributed by atoms with Crippen LogP contribution < -0.4 is 10.2 Å². The number of carbonyl (C=O) groups excluding carboxylic acids is 1. The van der Waals surface area contributed by atoms with Crippen LogP contribution in [-0.4, -0.2) is 47.1 Å². The average molecular weight is 337 g/mol. The molecular formula is C19H23N5O. The predicted molar refractivity (Wildman–Crippen MR) is 96.5 cm³/mol. The maximum atomic E-state index is 12.3. The molecule has 2 fully saturated rings. The van der Waals surface area contributed by atoms with Gasteiger partial charge in [0.1, 0.15) is 12.1 Å². The van der Waals surface area contributed by atoms with Gasteiger partial charge in [-0.05, 0) is 18.4 Å². The molecule has 1 aromatic carbocycles. The van der Waals surface area contributed by atoms with Crippen molar-refractivity contribution in [3.8, 4) is 0 Å². The van der Waals surface area contributed by atoms with E-state index >= 15 is 0 Å². The molecule has 0 atom stereocenters. The molecule has 6 nitrogen and oxygen atoms in total. The van der Waals surface area contributed by atoms with Crippen LogP contribution in [0.4, 0.5) is 10.6 Å². The molecule has 6 heteroatoms. The summed E-state index contributed by atoms with van der Waals surface area (Å²) in [5, 5.41) is 3.00. The second kappa shape index (κ2) is 7.09. The Morgan fingerprint density at radius 2 is 1.84 bits per heavy atom. The lowest BCUT2D eigenvalue weighted by atomic mass is 10.2. The minimum absolute atomic E-state index is 0.00450. The zero-order chi connectivity index (χ0) is 17.1. The molecule has 0 bridgehead atoms. The summed E-state index contributed by atoms with van der Waals surface area (Å²) in [5.74, 6) is 1.62. The molecule has 1 saturated heterocycles. The van der Waals surface area contributed by atoms with E-state index in [4.69, 9.17) is 0 Å². The van der Waals surface area contributed by atoms with Gasteiger partial charge in [-0.2, -0.15) is 0 Å². The van der Waals surface area contributed by atoms with Crippen molar-refractivity contribution in [3.63, 3.8) is 0 Å². The first kappa shape index (κ1) is 15.9. The van der Waals surface area contributed by atoms with Crippen LogP contribution in [0.15, 0.2) is 42.7 Å². The molecule has 2 amide bonds. The zero-order valence-corrected chi connectivity index (χ0v) is 14.3. The number of nitrogens with zero attached hydrogens (tertiary/aromatic N) is 4. The van der Waals surface area contributed by atoms with Crippen molar-refractivity contribution in [2.45, 2.75) is 25.3 Å². The number of amides is 2. The van der Waals surface area contributed by atoms with E-state index in [9.17, 15) is 4.79 Å². The molecule has 130 valence electrons. The summed E-state index contributed by atoms with van der Waals surface area (Å²) in [5.41, 5.74) is 2.27. The standard InChI is InChI=1S/C19H23N5O/c25-19(20-13-15-4-2-1-3-5-15)24-10-8-23(9-11-24)18-12-17(16-6-7-16)21-14-22-18/h1-5,12,14,16H,6-11,13H2,(H,20,25). The number of carbonyl (C=O) groups is 1. The SMILES string of the molecule is O=C(NCc1ccccc1)N1CCN(c2cc(C3CC3)ncn2)CC1. The van der Waals surface area contributed by atoms with Gasteiger partial charge in [0, 0.05) is 50.4 Å².